The van der Waals surface area contributed by atoms with Gasteiger partial charge in [-0.3, -0.25) is 4.79 Å². The number of halogens is 3. The van der Waals surface area contributed by atoms with Crippen LogP contribution in [0.3, 0.4) is 0 Å². The van der Waals surface area contributed by atoms with Gasteiger partial charge in [0, 0.05) is 50.3 Å². The first kappa shape index (κ1) is 22.2. The van der Waals surface area contributed by atoms with Crippen LogP contribution in [0, 0.1) is 29.6 Å². The van der Waals surface area contributed by atoms with E-state index in [-0.39, 0.29) is 17.2 Å². The minimum Gasteiger partial charge on any atom is -0.469 e. The van der Waals surface area contributed by atoms with Crippen molar-refractivity contribution in [1.82, 2.24) is 4.90 Å². The Kier molecular flexibility index (Phi) is 5.67. The normalized spacial score (nSPS) is 23.2. The summed E-state index contributed by atoms with van der Waals surface area (Å²) in [5.41, 5.74) is -0.633. The fourth-order valence-corrected chi connectivity index (χ4v) is 5.03. The highest BCUT2D eigenvalue weighted by Crippen LogP contribution is 2.45. The van der Waals surface area contributed by atoms with E-state index in [0.717, 1.165) is 6.07 Å². The van der Waals surface area contributed by atoms with Gasteiger partial charge in [0.25, 0.3) is 5.91 Å². The molecule has 2 atom stereocenters. The van der Waals surface area contributed by atoms with Crippen LogP contribution in [0.25, 0.3) is 0 Å². The number of fused-ring (bicyclic) bond motifs is 1. The van der Waals surface area contributed by atoms with E-state index in [1.807, 2.05) is 4.90 Å². The Hall–Kier alpha value is -2.99. The number of nitrogens with zero attached hydrogens (tertiary/aromatic N) is 3. The third-order valence-corrected chi connectivity index (χ3v) is 6.74. The SMILES string of the molecule is COC[C@@]12CCN(C(=O)c3ccoc3C)C[C@@H]1CN(c1ccc(C#N)c(C(F)(F)F)c1)C2. The fraction of sp³-hybridized carbons (Fsp3) is 0.478. The van der Waals surface area contributed by atoms with Gasteiger partial charge < -0.3 is 19.0 Å². The van der Waals surface area contributed by atoms with Gasteiger partial charge in [-0.05, 0) is 37.6 Å². The Balaban J connectivity index is 1.60. The van der Waals surface area contributed by atoms with Gasteiger partial charge in [-0.15, -0.1) is 0 Å². The Morgan fingerprint density at radius 1 is 1.34 bits per heavy atom. The van der Waals surface area contributed by atoms with E-state index in [2.05, 4.69) is 0 Å². The topological polar surface area (TPSA) is 69.7 Å². The van der Waals surface area contributed by atoms with Gasteiger partial charge in [0.05, 0.1) is 35.6 Å². The van der Waals surface area contributed by atoms with Crippen LogP contribution in [0.5, 0.6) is 0 Å². The molecule has 0 N–H and O–H groups in total. The number of ether oxygens (including phenoxy) is 1. The lowest BCUT2D eigenvalue weighted by atomic mass is 9.73. The molecular formula is C23H24F3N3O3. The van der Waals surface area contributed by atoms with Crippen molar-refractivity contribution in [3.8, 4) is 6.07 Å². The third-order valence-electron chi connectivity index (χ3n) is 6.74. The van der Waals surface area contributed by atoms with Crippen LogP contribution >= 0.6 is 0 Å². The quantitative estimate of drug-likeness (QED) is 0.706. The summed E-state index contributed by atoms with van der Waals surface area (Å²) in [6, 6.07) is 7.11. The summed E-state index contributed by atoms with van der Waals surface area (Å²) in [6.45, 7) is 4.27. The lowest BCUT2D eigenvalue weighted by Gasteiger charge is -2.43. The van der Waals surface area contributed by atoms with Gasteiger partial charge in [-0.1, -0.05) is 0 Å². The molecule has 32 heavy (non-hydrogen) atoms. The van der Waals surface area contributed by atoms with Crippen LogP contribution in [0.15, 0.2) is 34.9 Å². The number of methoxy groups -OCH3 is 1. The minimum absolute atomic E-state index is 0.0392. The second kappa shape index (κ2) is 8.17. The summed E-state index contributed by atoms with van der Waals surface area (Å²) in [5.74, 6) is 0.504. The largest absolute Gasteiger partial charge is 0.469 e. The van der Waals surface area contributed by atoms with E-state index in [1.54, 1.807) is 37.1 Å². The average molecular weight is 447 g/mol. The van der Waals surface area contributed by atoms with E-state index >= 15 is 0 Å². The zero-order chi connectivity index (χ0) is 23.1. The van der Waals surface area contributed by atoms with Crippen molar-refractivity contribution in [2.24, 2.45) is 11.3 Å². The third kappa shape index (κ3) is 3.84. The number of amides is 1. The van der Waals surface area contributed by atoms with E-state index < -0.39 is 17.3 Å². The van der Waals surface area contributed by atoms with Crippen molar-refractivity contribution in [3.05, 3.63) is 53.0 Å². The minimum atomic E-state index is -4.61. The molecule has 4 rings (SSSR count). The molecule has 2 aliphatic rings. The average Bonchev–Trinajstić information content (AvgIpc) is 3.35. The second-order valence-electron chi connectivity index (χ2n) is 8.60. The predicted molar refractivity (Wildman–Crippen MR) is 110 cm³/mol. The lowest BCUT2D eigenvalue weighted by Crippen LogP contribution is -2.50. The first-order chi connectivity index (χ1) is 15.2. The number of rotatable bonds is 4. The molecular weight excluding hydrogens is 423 g/mol. The van der Waals surface area contributed by atoms with E-state index in [4.69, 9.17) is 14.4 Å². The Labute approximate surface area is 184 Å². The second-order valence-corrected chi connectivity index (χ2v) is 8.60. The van der Waals surface area contributed by atoms with Gasteiger partial charge in [0.15, 0.2) is 0 Å². The predicted octanol–water partition coefficient (Wildman–Crippen LogP) is 4.09. The number of likely N-dealkylation sites (tertiary alicyclic amines) is 1. The smallest absolute Gasteiger partial charge is 0.417 e. The number of carbonyl (C=O) groups excluding carboxylic acids is 1. The Bertz CT molecular complexity index is 1060. The van der Waals surface area contributed by atoms with E-state index in [1.165, 1.54) is 12.3 Å². The number of hydrogen-bond donors (Lipinski definition) is 0. The summed E-state index contributed by atoms with van der Waals surface area (Å²) in [7, 11) is 1.62. The number of benzene rings is 1. The lowest BCUT2D eigenvalue weighted by molar-refractivity contribution is -0.137. The molecule has 1 aromatic heterocycles. The Morgan fingerprint density at radius 2 is 2.12 bits per heavy atom. The van der Waals surface area contributed by atoms with Crippen LogP contribution in [0.1, 0.15) is 33.7 Å². The molecule has 0 radical (unpaired) electrons. The van der Waals surface area contributed by atoms with E-state index in [0.29, 0.717) is 56.2 Å². The fourth-order valence-electron chi connectivity index (χ4n) is 5.03. The summed E-state index contributed by atoms with van der Waals surface area (Å²) < 4.78 is 51.1. The van der Waals surface area contributed by atoms with Crippen molar-refractivity contribution in [3.63, 3.8) is 0 Å². The Morgan fingerprint density at radius 3 is 2.75 bits per heavy atom. The number of alkyl halides is 3. The highest BCUT2D eigenvalue weighted by molar-refractivity contribution is 5.95. The number of nitriles is 1. The maximum absolute atomic E-state index is 13.5. The summed E-state index contributed by atoms with van der Waals surface area (Å²) in [6.07, 6.45) is -2.43. The van der Waals surface area contributed by atoms with Crippen LogP contribution < -0.4 is 4.90 Å². The van der Waals surface area contributed by atoms with Crippen molar-refractivity contribution >= 4 is 11.6 Å². The standard InChI is InChI=1S/C23H24F3N3O3/c1-15-19(5-8-32-15)21(30)28-7-6-22(14-31-2)13-29(12-17(22)11-28)18-4-3-16(10-27)20(9-18)23(24,25)26/h3-5,8-9,17H,6-7,11-14H2,1-2H3/t17-,22+/m1/s1. The van der Waals surface area contributed by atoms with Crippen molar-refractivity contribution in [2.75, 3.05) is 44.8 Å². The molecule has 170 valence electrons. The number of furan rings is 1. The monoisotopic (exact) mass is 447 g/mol. The molecule has 2 saturated heterocycles. The zero-order valence-electron chi connectivity index (χ0n) is 17.9. The molecule has 2 fully saturated rings. The van der Waals surface area contributed by atoms with Crippen LogP contribution in [-0.2, 0) is 10.9 Å². The van der Waals surface area contributed by atoms with Crippen molar-refractivity contribution < 1.29 is 27.1 Å². The number of piperidine rings is 1. The summed E-state index contributed by atoms with van der Waals surface area (Å²) in [5, 5.41) is 9.07. The summed E-state index contributed by atoms with van der Waals surface area (Å²) in [4.78, 5) is 16.7. The molecule has 9 heteroatoms. The molecule has 0 saturated carbocycles. The molecule has 6 nitrogen and oxygen atoms in total. The first-order valence-electron chi connectivity index (χ1n) is 10.4. The maximum atomic E-state index is 13.5. The molecule has 1 amide bonds. The van der Waals surface area contributed by atoms with E-state index in [9.17, 15) is 18.0 Å². The van der Waals surface area contributed by atoms with Crippen molar-refractivity contribution in [2.45, 2.75) is 19.5 Å². The molecule has 0 unspecified atom stereocenters. The van der Waals surface area contributed by atoms with Gasteiger partial charge in [0.2, 0.25) is 0 Å². The van der Waals surface area contributed by atoms with Gasteiger partial charge in [0.1, 0.15) is 5.76 Å². The highest BCUT2D eigenvalue weighted by atomic mass is 19.4. The van der Waals surface area contributed by atoms with Gasteiger partial charge in [-0.25, -0.2) is 0 Å². The van der Waals surface area contributed by atoms with Gasteiger partial charge >= 0.3 is 6.18 Å². The molecule has 3 heterocycles. The molecule has 0 aliphatic carbocycles. The molecule has 2 aromatic rings. The number of anilines is 1. The zero-order valence-corrected chi connectivity index (χ0v) is 17.9. The first-order valence-corrected chi connectivity index (χ1v) is 10.4. The number of hydrogen-bond acceptors (Lipinski definition) is 5. The summed E-state index contributed by atoms with van der Waals surface area (Å²) >= 11 is 0. The maximum Gasteiger partial charge on any atom is 0.417 e. The number of carbonyl (C=O) groups is 1. The van der Waals surface area contributed by atoms with Gasteiger partial charge in [-0.2, -0.15) is 18.4 Å². The van der Waals surface area contributed by atoms with Crippen LogP contribution in [0.4, 0.5) is 18.9 Å². The highest BCUT2D eigenvalue weighted by Gasteiger charge is 2.50. The number of aryl methyl sites for hydroxylation is 1. The van der Waals surface area contributed by atoms with Crippen molar-refractivity contribution in [1.29, 1.82) is 5.26 Å². The van der Waals surface area contributed by atoms with Crippen LogP contribution in [0.2, 0.25) is 0 Å². The molecule has 1 aromatic carbocycles. The molecule has 0 spiro atoms. The molecule has 0 bridgehead atoms. The molecule has 2 aliphatic heterocycles. The van der Waals surface area contributed by atoms with Crippen LogP contribution in [-0.4, -0.2) is 50.7 Å².